The van der Waals surface area contributed by atoms with Crippen LogP contribution in [0.2, 0.25) is 0 Å². The molecule has 0 saturated heterocycles. The van der Waals surface area contributed by atoms with Gasteiger partial charge in [-0.2, -0.15) is 0 Å². The molecule has 1 aliphatic carbocycles. The lowest BCUT2D eigenvalue weighted by Crippen LogP contribution is -2.27. The molecule has 3 aromatic carbocycles. The quantitative estimate of drug-likeness (QED) is 0.484. The third-order valence-corrected chi connectivity index (χ3v) is 8.70. The van der Waals surface area contributed by atoms with Crippen LogP contribution in [0.25, 0.3) is 11.1 Å². The molecule has 0 radical (unpaired) electrons. The number of carbonyl (C=O) groups excluding carboxylic acids is 2. The van der Waals surface area contributed by atoms with Crippen molar-refractivity contribution in [2.45, 2.75) is 30.1 Å². The van der Waals surface area contributed by atoms with E-state index in [4.69, 9.17) is 9.47 Å². The molecule has 1 amide bonds. The van der Waals surface area contributed by atoms with Gasteiger partial charge in [-0.15, -0.1) is 0 Å². The highest BCUT2D eigenvalue weighted by atomic mass is 32.2. The Morgan fingerprint density at radius 2 is 1.75 bits per heavy atom. The summed E-state index contributed by atoms with van der Waals surface area (Å²) in [5, 5.41) is 3.04. The number of nitrogens with zero attached hydrogens (tertiary/aromatic N) is 1. The number of ether oxygens (including phenoxy) is 2. The normalized spacial score (nSPS) is 15.6. The second-order valence-corrected chi connectivity index (χ2v) is 11.4. The molecule has 0 spiro atoms. The Hall–Kier alpha value is -3.69. The minimum absolute atomic E-state index is 0.0484. The number of fused-ring (bicyclic) bond motifs is 1. The van der Waals surface area contributed by atoms with Crippen LogP contribution in [0.4, 0.5) is 5.69 Å². The zero-order valence-electron chi connectivity index (χ0n) is 20.2. The van der Waals surface area contributed by atoms with Crippen molar-refractivity contribution in [3.05, 3.63) is 71.3 Å². The third-order valence-electron chi connectivity index (χ3n) is 6.81. The van der Waals surface area contributed by atoms with E-state index in [1.54, 1.807) is 12.1 Å². The summed E-state index contributed by atoms with van der Waals surface area (Å²) in [7, 11) is -0.922. The molecule has 186 valence electrons. The smallest absolute Gasteiger partial charge is 0.243 e. The van der Waals surface area contributed by atoms with Gasteiger partial charge in [0, 0.05) is 25.3 Å². The van der Waals surface area contributed by atoms with E-state index in [0.717, 1.165) is 33.8 Å². The molecule has 1 N–H and O–H groups in total. The van der Waals surface area contributed by atoms with E-state index in [2.05, 4.69) is 5.32 Å². The Balaban J connectivity index is 1.43. The van der Waals surface area contributed by atoms with E-state index in [9.17, 15) is 18.0 Å². The van der Waals surface area contributed by atoms with Gasteiger partial charge in [-0.1, -0.05) is 18.2 Å². The van der Waals surface area contributed by atoms with Crippen molar-refractivity contribution in [3.8, 4) is 22.6 Å². The van der Waals surface area contributed by atoms with Crippen molar-refractivity contribution in [2.75, 3.05) is 26.2 Å². The maximum absolute atomic E-state index is 13.3. The molecule has 1 fully saturated rings. The lowest BCUT2D eigenvalue weighted by Gasteiger charge is -2.18. The van der Waals surface area contributed by atoms with Crippen LogP contribution in [-0.4, -0.2) is 45.8 Å². The van der Waals surface area contributed by atoms with Crippen molar-refractivity contribution in [1.29, 1.82) is 0 Å². The first-order valence-electron chi connectivity index (χ1n) is 11.5. The molecule has 0 unspecified atom stereocenters. The van der Waals surface area contributed by atoms with Gasteiger partial charge in [0.2, 0.25) is 22.7 Å². The summed E-state index contributed by atoms with van der Waals surface area (Å²) < 4.78 is 37.1. The van der Waals surface area contributed by atoms with E-state index < -0.39 is 15.4 Å². The number of hydrogen-bond donors (Lipinski definition) is 1. The number of amides is 1. The van der Waals surface area contributed by atoms with E-state index in [1.165, 1.54) is 20.2 Å². The van der Waals surface area contributed by atoms with Gasteiger partial charge < -0.3 is 14.8 Å². The van der Waals surface area contributed by atoms with Crippen LogP contribution in [0.1, 0.15) is 34.3 Å². The van der Waals surface area contributed by atoms with Crippen LogP contribution >= 0.6 is 0 Å². The molecule has 2 aliphatic rings. The Morgan fingerprint density at radius 1 is 1.00 bits per heavy atom. The summed E-state index contributed by atoms with van der Waals surface area (Å²) in [4.78, 5) is 25.0. The number of aryl methyl sites for hydroxylation is 1. The summed E-state index contributed by atoms with van der Waals surface area (Å²) in [6, 6.07) is 15.8. The lowest BCUT2D eigenvalue weighted by atomic mass is 9.94. The third kappa shape index (κ3) is 4.04. The van der Waals surface area contributed by atoms with Gasteiger partial charge in [0.05, 0.1) is 10.3 Å². The van der Waals surface area contributed by atoms with E-state index in [0.29, 0.717) is 29.0 Å². The van der Waals surface area contributed by atoms with Crippen LogP contribution < -0.4 is 14.8 Å². The molecule has 5 rings (SSSR count). The highest BCUT2D eigenvalue weighted by Gasteiger charge is 2.51. The zero-order chi connectivity index (χ0) is 25.7. The van der Waals surface area contributed by atoms with Crippen molar-refractivity contribution >= 4 is 27.9 Å². The fourth-order valence-electron chi connectivity index (χ4n) is 4.47. The lowest BCUT2D eigenvalue weighted by molar-refractivity contribution is -0.118. The van der Waals surface area contributed by atoms with Crippen LogP contribution in [0, 0.1) is 6.92 Å². The van der Waals surface area contributed by atoms with E-state index in [1.807, 2.05) is 43.3 Å². The molecule has 0 atom stereocenters. The number of sulfonamides is 1. The van der Waals surface area contributed by atoms with Crippen LogP contribution in [0.15, 0.2) is 59.5 Å². The molecule has 1 saturated carbocycles. The van der Waals surface area contributed by atoms with Crippen LogP contribution in [0.3, 0.4) is 0 Å². The highest BCUT2D eigenvalue weighted by Crippen LogP contribution is 2.51. The predicted octanol–water partition coefficient (Wildman–Crippen LogP) is 4.12. The fraction of sp³-hybridized carbons (Fsp3) is 0.259. The first kappa shape index (κ1) is 24.0. The summed E-state index contributed by atoms with van der Waals surface area (Å²) in [5.74, 6) is 1.23. The van der Waals surface area contributed by atoms with Crippen LogP contribution in [0.5, 0.6) is 11.5 Å². The van der Waals surface area contributed by atoms with E-state index >= 15 is 0 Å². The summed E-state index contributed by atoms with van der Waals surface area (Å²) in [5.41, 5.74) is 3.37. The number of rotatable bonds is 7. The molecule has 9 heteroatoms. The number of carbonyl (C=O) groups is 2. The van der Waals surface area contributed by atoms with Crippen molar-refractivity contribution in [2.24, 2.45) is 0 Å². The topological polar surface area (TPSA) is 102 Å². The summed E-state index contributed by atoms with van der Waals surface area (Å²) >= 11 is 0. The number of benzene rings is 3. The largest absolute Gasteiger partial charge is 0.454 e. The Morgan fingerprint density at radius 3 is 2.44 bits per heavy atom. The fourth-order valence-corrected chi connectivity index (χ4v) is 5.51. The van der Waals surface area contributed by atoms with Gasteiger partial charge in [0.25, 0.3) is 0 Å². The minimum atomic E-state index is -3.76. The predicted molar refractivity (Wildman–Crippen MR) is 135 cm³/mol. The van der Waals surface area contributed by atoms with Gasteiger partial charge in [-0.3, -0.25) is 9.59 Å². The number of nitrogens with one attached hydrogen (secondary N) is 1. The minimum Gasteiger partial charge on any atom is -0.454 e. The zero-order valence-corrected chi connectivity index (χ0v) is 21.0. The molecule has 1 aliphatic heterocycles. The molecule has 0 bridgehead atoms. The van der Waals surface area contributed by atoms with Gasteiger partial charge in [-0.25, -0.2) is 12.7 Å². The molecule has 0 aromatic heterocycles. The molecule has 8 nitrogen and oxygen atoms in total. The van der Waals surface area contributed by atoms with Gasteiger partial charge >= 0.3 is 0 Å². The Kier molecular flexibility index (Phi) is 5.84. The number of hydrogen-bond acceptors (Lipinski definition) is 6. The molecular formula is C27H26N2O6S. The SMILES string of the molecule is Cc1ccc(NC(=O)C2(c3ccc4c(c3)OCO4)CC2)cc1-c1ccc(S(=O)(=O)N(C)C)c(C=O)c1. The maximum atomic E-state index is 13.3. The second kappa shape index (κ2) is 8.76. The summed E-state index contributed by atoms with van der Waals surface area (Å²) in [6.07, 6.45) is 2.02. The average molecular weight is 507 g/mol. The standard InChI is InChI=1S/C27H26N2O6S/c1-17-4-7-21(14-22(17)18-5-9-25(19(12-18)15-30)36(32,33)29(2)3)28-26(31)27(10-11-27)20-6-8-23-24(13-20)35-16-34-23/h4-9,12-15H,10-11,16H2,1-3H3,(H,28,31). The monoisotopic (exact) mass is 506 g/mol. The van der Waals surface area contributed by atoms with Gasteiger partial charge in [0.1, 0.15) is 0 Å². The summed E-state index contributed by atoms with van der Waals surface area (Å²) in [6.45, 7) is 2.10. The molecule has 1 heterocycles. The Bertz CT molecular complexity index is 1490. The van der Waals surface area contributed by atoms with Gasteiger partial charge in [0.15, 0.2) is 17.8 Å². The highest BCUT2D eigenvalue weighted by molar-refractivity contribution is 7.89. The van der Waals surface area contributed by atoms with Crippen molar-refractivity contribution < 1.29 is 27.5 Å². The van der Waals surface area contributed by atoms with Crippen molar-refractivity contribution in [3.63, 3.8) is 0 Å². The average Bonchev–Trinajstić information content (AvgIpc) is 3.55. The number of anilines is 1. The number of aldehydes is 1. The molecule has 36 heavy (non-hydrogen) atoms. The van der Waals surface area contributed by atoms with Crippen molar-refractivity contribution in [1.82, 2.24) is 4.31 Å². The maximum Gasteiger partial charge on any atom is 0.243 e. The molecular weight excluding hydrogens is 480 g/mol. The first-order chi connectivity index (χ1) is 17.2. The van der Waals surface area contributed by atoms with E-state index in [-0.39, 0.29) is 23.2 Å². The van der Waals surface area contributed by atoms with Gasteiger partial charge in [-0.05, 0) is 78.4 Å². The Labute approximate surface area is 209 Å². The van der Waals surface area contributed by atoms with Crippen LogP contribution in [-0.2, 0) is 20.2 Å². The first-order valence-corrected chi connectivity index (χ1v) is 12.9. The second-order valence-electron chi connectivity index (χ2n) is 9.29. The molecule has 3 aromatic rings.